The molecule has 1 aromatic heterocycles. The summed E-state index contributed by atoms with van der Waals surface area (Å²) in [6.07, 6.45) is 0. The smallest absolute Gasteiger partial charge is 0.263 e. The molecule has 0 amide bonds. The van der Waals surface area contributed by atoms with Crippen LogP contribution in [0.4, 0.5) is 17.2 Å². The van der Waals surface area contributed by atoms with Crippen molar-refractivity contribution in [2.45, 2.75) is 18.7 Å². The van der Waals surface area contributed by atoms with Crippen molar-refractivity contribution in [3.8, 4) is 5.75 Å². The molecule has 8 nitrogen and oxygen atoms in total. The van der Waals surface area contributed by atoms with Crippen LogP contribution in [0.15, 0.2) is 68.2 Å². The SMILES string of the molecule is Cc1ccc(O)c(N=Nc2ccc(S(=O)(=O)Nc3cc(C)on3)cc2)c1. The molecule has 9 heteroatoms. The third-order valence-corrected chi connectivity index (χ3v) is 4.79. The van der Waals surface area contributed by atoms with Crippen LogP contribution in [0.25, 0.3) is 0 Å². The highest BCUT2D eigenvalue weighted by atomic mass is 32.2. The molecule has 26 heavy (non-hydrogen) atoms. The van der Waals surface area contributed by atoms with Crippen molar-refractivity contribution in [2.75, 3.05) is 4.72 Å². The minimum absolute atomic E-state index is 0.0191. The Morgan fingerprint density at radius 1 is 1.04 bits per heavy atom. The van der Waals surface area contributed by atoms with E-state index in [0.29, 0.717) is 17.1 Å². The van der Waals surface area contributed by atoms with Crippen LogP contribution < -0.4 is 4.72 Å². The summed E-state index contributed by atoms with van der Waals surface area (Å²) in [5.74, 6) is 0.629. The molecule has 1 heterocycles. The number of azo groups is 1. The molecule has 3 rings (SSSR count). The number of sulfonamides is 1. The topological polar surface area (TPSA) is 117 Å². The van der Waals surface area contributed by atoms with Gasteiger partial charge < -0.3 is 9.63 Å². The normalized spacial score (nSPS) is 11.8. The van der Waals surface area contributed by atoms with E-state index in [2.05, 4.69) is 20.1 Å². The van der Waals surface area contributed by atoms with Crippen LogP contribution in [0.5, 0.6) is 5.75 Å². The van der Waals surface area contributed by atoms with Gasteiger partial charge >= 0.3 is 0 Å². The summed E-state index contributed by atoms with van der Waals surface area (Å²) in [5, 5.41) is 21.3. The van der Waals surface area contributed by atoms with E-state index in [-0.39, 0.29) is 16.5 Å². The maximum Gasteiger partial charge on any atom is 0.263 e. The molecule has 0 fully saturated rings. The van der Waals surface area contributed by atoms with Gasteiger partial charge in [-0.25, -0.2) is 8.42 Å². The predicted molar refractivity (Wildman–Crippen MR) is 95.5 cm³/mol. The number of rotatable bonds is 5. The number of aromatic nitrogens is 1. The number of hydrogen-bond acceptors (Lipinski definition) is 7. The zero-order valence-corrected chi connectivity index (χ0v) is 14.9. The number of hydrogen-bond donors (Lipinski definition) is 2. The first kappa shape index (κ1) is 17.6. The molecule has 0 atom stereocenters. The van der Waals surface area contributed by atoms with E-state index in [4.69, 9.17) is 4.52 Å². The highest BCUT2D eigenvalue weighted by Crippen LogP contribution is 2.29. The zero-order chi connectivity index (χ0) is 18.7. The van der Waals surface area contributed by atoms with E-state index >= 15 is 0 Å². The van der Waals surface area contributed by atoms with E-state index in [1.807, 2.05) is 6.92 Å². The number of nitrogens with zero attached hydrogens (tertiary/aromatic N) is 3. The molecule has 2 N–H and O–H groups in total. The molecule has 0 radical (unpaired) electrons. The monoisotopic (exact) mass is 372 g/mol. The second-order valence-corrected chi connectivity index (χ2v) is 7.30. The van der Waals surface area contributed by atoms with Gasteiger partial charge in [-0.3, -0.25) is 4.72 Å². The van der Waals surface area contributed by atoms with E-state index in [1.54, 1.807) is 19.1 Å². The van der Waals surface area contributed by atoms with Gasteiger partial charge in [-0.05, 0) is 55.8 Å². The quantitative estimate of drug-likeness (QED) is 0.650. The first-order valence-electron chi connectivity index (χ1n) is 7.61. The Morgan fingerprint density at radius 3 is 2.42 bits per heavy atom. The summed E-state index contributed by atoms with van der Waals surface area (Å²) in [6.45, 7) is 3.54. The first-order valence-corrected chi connectivity index (χ1v) is 9.09. The Balaban J connectivity index is 1.77. The lowest BCUT2D eigenvalue weighted by Crippen LogP contribution is -2.12. The fraction of sp³-hybridized carbons (Fsp3) is 0.118. The molecule has 0 unspecified atom stereocenters. The first-order chi connectivity index (χ1) is 12.3. The summed E-state index contributed by atoms with van der Waals surface area (Å²) in [6, 6.07) is 12.3. The van der Waals surface area contributed by atoms with Gasteiger partial charge in [-0.2, -0.15) is 5.11 Å². The van der Waals surface area contributed by atoms with Crippen molar-refractivity contribution in [1.29, 1.82) is 0 Å². The van der Waals surface area contributed by atoms with Crippen molar-refractivity contribution in [3.05, 3.63) is 59.9 Å². The maximum absolute atomic E-state index is 12.3. The Kier molecular flexibility index (Phi) is 4.72. The lowest BCUT2D eigenvalue weighted by Gasteiger charge is -2.04. The lowest BCUT2D eigenvalue weighted by atomic mass is 10.2. The van der Waals surface area contributed by atoms with Crippen LogP contribution in [0, 0.1) is 13.8 Å². The van der Waals surface area contributed by atoms with Gasteiger partial charge in [0.25, 0.3) is 10.0 Å². The van der Waals surface area contributed by atoms with Gasteiger partial charge in [0.2, 0.25) is 0 Å². The number of nitrogens with one attached hydrogen (secondary N) is 1. The van der Waals surface area contributed by atoms with Gasteiger partial charge in [0.05, 0.1) is 10.6 Å². The zero-order valence-electron chi connectivity index (χ0n) is 14.0. The number of benzene rings is 2. The summed E-state index contributed by atoms with van der Waals surface area (Å²) in [4.78, 5) is 0.0514. The number of phenolic OH excluding ortho intramolecular Hbond substituents is 1. The lowest BCUT2D eigenvalue weighted by molar-refractivity contribution is 0.400. The van der Waals surface area contributed by atoms with Crippen molar-refractivity contribution in [2.24, 2.45) is 10.2 Å². The Bertz CT molecular complexity index is 1060. The Hall–Kier alpha value is -3.20. The van der Waals surface area contributed by atoms with Crippen LogP contribution in [-0.2, 0) is 10.0 Å². The summed E-state index contributed by atoms with van der Waals surface area (Å²) >= 11 is 0. The van der Waals surface area contributed by atoms with Gasteiger partial charge in [-0.15, -0.1) is 5.11 Å². The van der Waals surface area contributed by atoms with Crippen molar-refractivity contribution in [3.63, 3.8) is 0 Å². The molecule has 0 aliphatic rings. The second kappa shape index (κ2) is 6.96. The molecule has 0 aliphatic carbocycles. The summed E-state index contributed by atoms with van der Waals surface area (Å²) < 4.78 is 31.8. The Labute approximate surface area is 150 Å². The fourth-order valence-electron chi connectivity index (χ4n) is 2.13. The number of anilines is 1. The van der Waals surface area contributed by atoms with E-state index in [1.165, 1.54) is 36.4 Å². The molecule has 0 spiro atoms. The number of phenols is 1. The van der Waals surface area contributed by atoms with Crippen molar-refractivity contribution in [1.82, 2.24) is 5.16 Å². The molecule has 0 saturated carbocycles. The van der Waals surface area contributed by atoms with Gasteiger partial charge in [0.15, 0.2) is 5.82 Å². The molecular formula is C17H16N4O4S. The molecule has 0 saturated heterocycles. The minimum atomic E-state index is -3.78. The van der Waals surface area contributed by atoms with Crippen LogP contribution in [0.2, 0.25) is 0 Å². The highest BCUT2D eigenvalue weighted by molar-refractivity contribution is 7.92. The standard InChI is InChI=1S/C17H16N4O4S/c1-11-3-8-16(22)15(9-11)19-18-13-4-6-14(7-5-13)26(23,24)21-17-10-12(2)25-20-17/h3-10,22H,1-2H3,(H,20,21). The van der Waals surface area contributed by atoms with Crippen LogP contribution in [-0.4, -0.2) is 18.7 Å². The molecule has 2 aromatic carbocycles. The van der Waals surface area contributed by atoms with Crippen molar-refractivity contribution < 1.29 is 18.0 Å². The maximum atomic E-state index is 12.3. The average molecular weight is 372 g/mol. The van der Waals surface area contributed by atoms with Gasteiger partial charge in [0, 0.05) is 6.07 Å². The van der Waals surface area contributed by atoms with Crippen molar-refractivity contribution >= 4 is 27.2 Å². The Morgan fingerprint density at radius 2 is 1.77 bits per heavy atom. The summed E-state index contributed by atoms with van der Waals surface area (Å²) in [7, 11) is -3.78. The van der Waals surface area contributed by atoms with E-state index < -0.39 is 10.0 Å². The van der Waals surface area contributed by atoms with Crippen LogP contribution >= 0.6 is 0 Å². The molecule has 0 bridgehead atoms. The minimum Gasteiger partial charge on any atom is -0.506 e. The van der Waals surface area contributed by atoms with Crippen LogP contribution in [0.1, 0.15) is 11.3 Å². The predicted octanol–water partition coefficient (Wildman–Crippen LogP) is 4.21. The highest BCUT2D eigenvalue weighted by Gasteiger charge is 2.16. The second-order valence-electron chi connectivity index (χ2n) is 5.61. The largest absolute Gasteiger partial charge is 0.506 e. The third kappa shape index (κ3) is 4.06. The van der Waals surface area contributed by atoms with Crippen LogP contribution in [0.3, 0.4) is 0 Å². The average Bonchev–Trinajstić information content (AvgIpc) is 3.00. The molecule has 134 valence electrons. The molecule has 3 aromatic rings. The van der Waals surface area contributed by atoms with E-state index in [0.717, 1.165) is 5.56 Å². The van der Waals surface area contributed by atoms with Gasteiger partial charge in [-0.1, -0.05) is 11.2 Å². The molecule has 0 aliphatic heterocycles. The number of aryl methyl sites for hydroxylation is 2. The third-order valence-electron chi connectivity index (χ3n) is 3.42. The van der Waals surface area contributed by atoms with Gasteiger partial charge in [0.1, 0.15) is 17.2 Å². The number of aromatic hydroxyl groups is 1. The molecular weight excluding hydrogens is 356 g/mol. The fourth-order valence-corrected chi connectivity index (χ4v) is 3.11. The van der Waals surface area contributed by atoms with E-state index in [9.17, 15) is 13.5 Å². The summed E-state index contributed by atoms with van der Waals surface area (Å²) in [5.41, 5.74) is 1.72.